The first-order chi connectivity index (χ1) is 9.49. The SMILES string of the molecule is O=C(c1cn2cccnc2n1)N1CCC(O)(C(F)F)C1. The van der Waals surface area contributed by atoms with Crippen LogP contribution >= 0.6 is 0 Å². The Hall–Kier alpha value is -2.09. The Labute approximate surface area is 112 Å². The molecule has 0 aliphatic carbocycles. The van der Waals surface area contributed by atoms with Crippen LogP contribution in [0.15, 0.2) is 24.7 Å². The van der Waals surface area contributed by atoms with Crippen LogP contribution in [0.4, 0.5) is 8.78 Å². The predicted molar refractivity (Wildman–Crippen MR) is 64.5 cm³/mol. The molecule has 3 heterocycles. The molecule has 0 aromatic carbocycles. The maximum Gasteiger partial charge on any atom is 0.274 e. The van der Waals surface area contributed by atoms with Crippen LogP contribution in [0.3, 0.4) is 0 Å². The average molecular weight is 282 g/mol. The smallest absolute Gasteiger partial charge is 0.274 e. The number of halogens is 2. The molecule has 0 radical (unpaired) electrons. The summed E-state index contributed by atoms with van der Waals surface area (Å²) in [7, 11) is 0. The number of hydrogen-bond acceptors (Lipinski definition) is 4. The van der Waals surface area contributed by atoms with Gasteiger partial charge in [-0.05, 0) is 6.07 Å². The molecule has 0 spiro atoms. The van der Waals surface area contributed by atoms with Crippen molar-refractivity contribution in [2.75, 3.05) is 13.1 Å². The van der Waals surface area contributed by atoms with Crippen molar-refractivity contribution < 1.29 is 18.7 Å². The molecule has 1 amide bonds. The van der Waals surface area contributed by atoms with Gasteiger partial charge in [-0.25, -0.2) is 18.7 Å². The zero-order valence-electron chi connectivity index (χ0n) is 10.4. The highest BCUT2D eigenvalue weighted by Gasteiger charge is 2.45. The van der Waals surface area contributed by atoms with Crippen molar-refractivity contribution in [1.29, 1.82) is 0 Å². The van der Waals surface area contributed by atoms with Gasteiger partial charge < -0.3 is 10.0 Å². The summed E-state index contributed by atoms with van der Waals surface area (Å²) >= 11 is 0. The van der Waals surface area contributed by atoms with Crippen molar-refractivity contribution in [2.24, 2.45) is 0 Å². The van der Waals surface area contributed by atoms with Crippen LogP contribution in [0.25, 0.3) is 5.78 Å². The van der Waals surface area contributed by atoms with Crippen LogP contribution in [0, 0.1) is 0 Å². The van der Waals surface area contributed by atoms with E-state index in [1.165, 1.54) is 11.1 Å². The maximum absolute atomic E-state index is 12.7. The predicted octanol–water partition coefficient (Wildman–Crippen LogP) is 0.571. The largest absolute Gasteiger partial charge is 0.382 e. The Bertz CT molecular complexity index is 627. The molecule has 1 saturated heterocycles. The van der Waals surface area contributed by atoms with Gasteiger partial charge in [-0.1, -0.05) is 0 Å². The number of nitrogens with zero attached hydrogens (tertiary/aromatic N) is 4. The van der Waals surface area contributed by atoms with E-state index in [0.717, 1.165) is 0 Å². The number of aromatic nitrogens is 3. The average Bonchev–Trinajstić information content (AvgIpc) is 3.02. The third-order valence-electron chi connectivity index (χ3n) is 3.43. The molecule has 0 saturated carbocycles. The van der Waals surface area contributed by atoms with E-state index in [2.05, 4.69) is 9.97 Å². The summed E-state index contributed by atoms with van der Waals surface area (Å²) in [6.45, 7) is -0.300. The zero-order chi connectivity index (χ0) is 14.3. The number of aliphatic hydroxyl groups is 1. The van der Waals surface area contributed by atoms with Crippen molar-refractivity contribution in [1.82, 2.24) is 19.3 Å². The summed E-state index contributed by atoms with van der Waals surface area (Å²) in [6, 6.07) is 1.69. The molecule has 3 rings (SSSR count). The molecule has 1 N–H and O–H groups in total. The monoisotopic (exact) mass is 282 g/mol. The first kappa shape index (κ1) is 12.9. The van der Waals surface area contributed by atoms with Gasteiger partial charge >= 0.3 is 0 Å². The number of β-amino-alcohol motifs (C(OH)–C–C–N with tert-alkyl or cyclic N) is 1. The Balaban J connectivity index is 1.83. The second-order valence-electron chi connectivity index (χ2n) is 4.83. The molecule has 8 heteroatoms. The number of hydrogen-bond donors (Lipinski definition) is 1. The van der Waals surface area contributed by atoms with E-state index in [1.807, 2.05) is 0 Å². The molecule has 0 bridgehead atoms. The fraction of sp³-hybridized carbons (Fsp3) is 0.417. The summed E-state index contributed by atoms with van der Waals surface area (Å²) in [5.41, 5.74) is -1.99. The van der Waals surface area contributed by atoms with E-state index in [9.17, 15) is 18.7 Å². The lowest BCUT2D eigenvalue weighted by Gasteiger charge is -2.21. The van der Waals surface area contributed by atoms with E-state index < -0.39 is 17.9 Å². The number of likely N-dealkylation sites (tertiary alicyclic amines) is 1. The van der Waals surface area contributed by atoms with E-state index >= 15 is 0 Å². The fourth-order valence-corrected chi connectivity index (χ4v) is 2.26. The molecule has 6 nitrogen and oxygen atoms in total. The van der Waals surface area contributed by atoms with E-state index in [4.69, 9.17) is 0 Å². The highest BCUT2D eigenvalue weighted by atomic mass is 19.3. The standard InChI is InChI=1S/C12H12F2N4O2/c13-10(14)12(20)2-5-18(7-12)9(19)8-6-17-4-1-3-15-11(17)16-8/h1,3-4,6,10,20H,2,5,7H2. The normalized spacial score (nSPS) is 22.9. The number of alkyl halides is 2. The van der Waals surface area contributed by atoms with Crippen LogP contribution in [-0.4, -0.2) is 55.4 Å². The minimum absolute atomic E-state index is 0.0843. The van der Waals surface area contributed by atoms with Crippen LogP contribution in [-0.2, 0) is 0 Å². The molecule has 20 heavy (non-hydrogen) atoms. The van der Waals surface area contributed by atoms with Gasteiger partial charge in [-0.2, -0.15) is 0 Å². The highest BCUT2D eigenvalue weighted by molar-refractivity contribution is 5.93. The second-order valence-corrected chi connectivity index (χ2v) is 4.83. The van der Waals surface area contributed by atoms with E-state index in [0.29, 0.717) is 5.78 Å². The van der Waals surface area contributed by atoms with Gasteiger partial charge in [0.2, 0.25) is 5.78 Å². The zero-order valence-corrected chi connectivity index (χ0v) is 10.4. The first-order valence-corrected chi connectivity index (χ1v) is 6.09. The van der Waals surface area contributed by atoms with Crippen LogP contribution in [0.1, 0.15) is 16.9 Å². The Kier molecular flexibility index (Phi) is 2.89. The van der Waals surface area contributed by atoms with Crippen LogP contribution in [0.2, 0.25) is 0 Å². The van der Waals surface area contributed by atoms with Crippen molar-refractivity contribution >= 4 is 11.7 Å². The molecule has 106 valence electrons. The van der Waals surface area contributed by atoms with Gasteiger partial charge in [0.25, 0.3) is 12.3 Å². The molecule has 1 fully saturated rings. The fourth-order valence-electron chi connectivity index (χ4n) is 2.26. The number of carbonyl (C=O) groups is 1. The first-order valence-electron chi connectivity index (χ1n) is 6.09. The number of rotatable bonds is 2. The van der Waals surface area contributed by atoms with Crippen LogP contribution < -0.4 is 0 Å². The third-order valence-corrected chi connectivity index (χ3v) is 3.43. The second kappa shape index (κ2) is 4.48. The molecule has 1 aliphatic rings. The van der Waals surface area contributed by atoms with Crippen molar-refractivity contribution in [2.45, 2.75) is 18.4 Å². The number of imidazole rings is 1. The lowest BCUT2D eigenvalue weighted by Crippen LogP contribution is -2.41. The van der Waals surface area contributed by atoms with Gasteiger partial charge in [0.1, 0.15) is 11.3 Å². The van der Waals surface area contributed by atoms with Crippen LogP contribution in [0.5, 0.6) is 0 Å². The molecule has 2 aromatic rings. The quantitative estimate of drug-likeness (QED) is 0.874. The van der Waals surface area contributed by atoms with Gasteiger partial charge in [0, 0.05) is 31.6 Å². The molecule has 1 aliphatic heterocycles. The van der Waals surface area contributed by atoms with Gasteiger partial charge in [0.15, 0.2) is 0 Å². The van der Waals surface area contributed by atoms with Gasteiger partial charge in [-0.3, -0.25) is 9.20 Å². The van der Waals surface area contributed by atoms with E-state index in [1.54, 1.807) is 22.9 Å². The molecule has 1 unspecified atom stereocenters. The molecule has 1 atom stereocenters. The molecule has 2 aromatic heterocycles. The summed E-state index contributed by atoms with van der Waals surface area (Å²) in [5, 5.41) is 9.69. The van der Waals surface area contributed by atoms with Crippen molar-refractivity contribution in [3.63, 3.8) is 0 Å². The minimum Gasteiger partial charge on any atom is -0.382 e. The number of fused-ring (bicyclic) bond motifs is 1. The molecular formula is C12H12F2N4O2. The summed E-state index contributed by atoms with van der Waals surface area (Å²) in [5.74, 6) is -0.119. The minimum atomic E-state index is -2.87. The van der Waals surface area contributed by atoms with Gasteiger partial charge in [0.05, 0.1) is 6.54 Å². The topological polar surface area (TPSA) is 70.7 Å². The van der Waals surface area contributed by atoms with E-state index in [-0.39, 0.29) is 25.2 Å². The Morgan fingerprint density at radius 1 is 1.50 bits per heavy atom. The lowest BCUT2D eigenvalue weighted by molar-refractivity contribution is -0.0855. The van der Waals surface area contributed by atoms with Gasteiger partial charge in [-0.15, -0.1) is 0 Å². The maximum atomic E-state index is 12.7. The molecular weight excluding hydrogens is 270 g/mol. The summed E-state index contributed by atoms with van der Waals surface area (Å²) in [4.78, 5) is 21.4. The van der Waals surface area contributed by atoms with Crippen molar-refractivity contribution in [3.05, 3.63) is 30.4 Å². The lowest BCUT2D eigenvalue weighted by atomic mass is 10.1. The third kappa shape index (κ3) is 2.01. The summed E-state index contributed by atoms with van der Waals surface area (Å²) < 4.78 is 27.0. The Morgan fingerprint density at radius 3 is 2.95 bits per heavy atom. The number of amides is 1. The Morgan fingerprint density at radius 2 is 2.30 bits per heavy atom. The highest BCUT2D eigenvalue weighted by Crippen LogP contribution is 2.28. The van der Waals surface area contributed by atoms with Crippen molar-refractivity contribution in [3.8, 4) is 0 Å². The summed E-state index contributed by atoms with van der Waals surface area (Å²) in [6.07, 6.45) is 1.71. The number of carbonyl (C=O) groups excluding carboxylic acids is 1.